The number of rotatable bonds is 2. The molecule has 0 aromatic rings. The molecule has 72 valence electrons. The van der Waals surface area contributed by atoms with Crippen molar-refractivity contribution >= 4 is 18.4 Å². The third-order valence-electron chi connectivity index (χ3n) is 1.81. The average Bonchev–Trinajstić information content (AvgIpc) is 2.52. The minimum absolute atomic E-state index is 0. The molecule has 0 radical (unpaired) electrons. The van der Waals surface area contributed by atoms with E-state index in [4.69, 9.17) is 6.11 Å². The van der Waals surface area contributed by atoms with Crippen molar-refractivity contribution in [1.82, 2.24) is 5.32 Å². The lowest BCUT2D eigenvalue weighted by Gasteiger charge is -2.09. The van der Waals surface area contributed by atoms with Crippen LogP contribution in [0.5, 0.6) is 0 Å². The minimum Gasteiger partial charge on any atom is -0.465 e. The van der Waals surface area contributed by atoms with E-state index in [-0.39, 0.29) is 30.5 Å². The molecular weight excluding hydrogens is 178 g/mol. The summed E-state index contributed by atoms with van der Waals surface area (Å²) in [6.45, 7) is 2.58. The molecule has 1 saturated heterocycles. The van der Waals surface area contributed by atoms with Gasteiger partial charge >= 0.3 is 5.97 Å². The highest BCUT2D eigenvalue weighted by Gasteiger charge is 2.27. The molecule has 1 N–H and O–H groups in total. The van der Waals surface area contributed by atoms with Crippen LogP contribution in [-0.2, 0) is 9.53 Å². The molecule has 0 aromatic carbocycles. The Morgan fingerprint density at radius 3 is 3.00 bits per heavy atom. The molecule has 12 heavy (non-hydrogen) atoms. The highest BCUT2D eigenvalue weighted by atomic mass is 35.5. The quantitative estimate of drug-likeness (QED) is 0.670. The highest BCUT2D eigenvalue weighted by molar-refractivity contribution is 5.85. The molecule has 0 amide bonds. The van der Waals surface area contributed by atoms with Crippen LogP contribution < -0.4 is 5.32 Å². The smallest absolute Gasteiger partial charge is 0.323 e. The zero-order valence-electron chi connectivity index (χ0n) is 8.21. The molecule has 1 heterocycles. The van der Waals surface area contributed by atoms with Crippen LogP contribution in [0.25, 0.3) is 0 Å². The first kappa shape index (κ1) is 9.81. The monoisotopic (exact) mass is 194 g/mol. The van der Waals surface area contributed by atoms with E-state index in [1.54, 1.807) is 6.92 Å². The average molecular weight is 195 g/mol. The number of hydrogen-bond donors (Lipinski definition) is 1. The largest absolute Gasteiger partial charge is 0.465 e. The van der Waals surface area contributed by atoms with E-state index in [0.29, 0.717) is 13.5 Å². The first-order chi connectivity index (χ1) is 5.77. The van der Waals surface area contributed by atoms with Crippen LogP contribution in [0, 0.1) is 0 Å². The number of carbonyl (C=O) groups is 1. The molecule has 0 saturated carbocycles. The lowest BCUT2D eigenvalue weighted by atomic mass is 10.2. The van der Waals surface area contributed by atoms with E-state index >= 15 is 0 Å². The van der Waals surface area contributed by atoms with Crippen molar-refractivity contribution in [2.45, 2.75) is 38.7 Å². The summed E-state index contributed by atoms with van der Waals surface area (Å²) in [6.07, 6.45) is 1.72. The van der Waals surface area contributed by atoms with Gasteiger partial charge in [-0.2, -0.15) is 0 Å². The molecular formula is C8H16ClNO2. The van der Waals surface area contributed by atoms with Crippen LogP contribution in [0.4, 0.5) is 0 Å². The van der Waals surface area contributed by atoms with Crippen molar-refractivity contribution < 1.29 is 10.9 Å². The van der Waals surface area contributed by atoms with Gasteiger partial charge in [0.15, 0.2) is 0 Å². The fraction of sp³-hybridized carbons (Fsp3) is 0.875. The second-order valence-corrected chi connectivity index (χ2v) is 2.75. The van der Waals surface area contributed by atoms with Gasteiger partial charge in [-0.05, 0) is 26.7 Å². The van der Waals surface area contributed by atoms with Gasteiger partial charge in [0.25, 0.3) is 0 Å². The van der Waals surface area contributed by atoms with Crippen molar-refractivity contribution in [1.29, 1.82) is 0 Å². The van der Waals surface area contributed by atoms with Gasteiger partial charge in [0, 0.05) is 7.41 Å². The standard InChI is InChI=1S/C8H15NO2.ClH/c1-3-11-8(10)7-5-4-6(2)9-7;/h6-7,9H,3-5H2,1-2H3;1H/t6-,7+;/m1./s1/i2D;. The Morgan fingerprint density at radius 1 is 1.75 bits per heavy atom. The summed E-state index contributed by atoms with van der Waals surface area (Å²) in [5.41, 5.74) is 0. The predicted octanol–water partition coefficient (Wildman–Crippen LogP) is 1.11. The minimum atomic E-state index is -0.173. The first-order valence-corrected chi connectivity index (χ1v) is 3.99. The summed E-state index contributed by atoms with van der Waals surface area (Å²) in [4.78, 5) is 11.2. The van der Waals surface area contributed by atoms with Gasteiger partial charge in [0.1, 0.15) is 6.04 Å². The van der Waals surface area contributed by atoms with E-state index in [1.807, 2.05) is 0 Å². The zero-order chi connectivity index (χ0) is 8.97. The lowest BCUT2D eigenvalue weighted by Crippen LogP contribution is -2.35. The molecule has 1 aliphatic rings. The number of hydrogen-bond acceptors (Lipinski definition) is 3. The summed E-state index contributed by atoms with van der Waals surface area (Å²) in [6, 6.07) is 0.0136. The maximum atomic E-state index is 11.2. The molecule has 0 aliphatic carbocycles. The van der Waals surface area contributed by atoms with Crippen molar-refractivity contribution in [3.63, 3.8) is 0 Å². The fourth-order valence-corrected chi connectivity index (χ4v) is 1.25. The van der Waals surface area contributed by atoms with Gasteiger partial charge in [0.05, 0.1) is 6.61 Å². The van der Waals surface area contributed by atoms with Gasteiger partial charge < -0.3 is 10.1 Å². The first-order valence-electron chi connectivity index (χ1n) is 4.70. The van der Waals surface area contributed by atoms with Crippen molar-refractivity contribution in [2.75, 3.05) is 6.61 Å². The number of halogens is 1. The van der Waals surface area contributed by atoms with Crippen molar-refractivity contribution in [3.8, 4) is 0 Å². The van der Waals surface area contributed by atoms with Crippen LogP contribution in [0.2, 0.25) is 0 Å². The fourth-order valence-electron chi connectivity index (χ4n) is 1.25. The molecule has 1 fully saturated rings. The number of carbonyl (C=O) groups excluding carboxylic acids is 1. The highest BCUT2D eigenvalue weighted by Crippen LogP contribution is 2.12. The SMILES string of the molecule is Cl.[2H]C[C@@H]1CC[C@@H](C(=O)OCC)N1. The Balaban J connectivity index is 0.00000144. The molecule has 2 atom stereocenters. The van der Waals surface area contributed by atoms with Crippen LogP contribution in [0.15, 0.2) is 0 Å². The van der Waals surface area contributed by atoms with Gasteiger partial charge in [-0.15, -0.1) is 12.4 Å². The van der Waals surface area contributed by atoms with E-state index in [2.05, 4.69) is 5.32 Å². The Bertz CT molecular complexity index is 168. The Kier molecular flexibility index (Phi) is 4.40. The lowest BCUT2D eigenvalue weighted by molar-refractivity contribution is -0.145. The molecule has 0 bridgehead atoms. The molecule has 0 spiro atoms. The van der Waals surface area contributed by atoms with Gasteiger partial charge in [-0.25, -0.2) is 0 Å². The Hall–Kier alpha value is -0.280. The van der Waals surface area contributed by atoms with Crippen LogP contribution in [0.1, 0.15) is 28.0 Å². The van der Waals surface area contributed by atoms with Crippen LogP contribution in [0.3, 0.4) is 0 Å². The predicted molar refractivity (Wildman–Crippen MR) is 49.5 cm³/mol. The van der Waals surface area contributed by atoms with E-state index in [0.717, 1.165) is 12.8 Å². The third-order valence-corrected chi connectivity index (χ3v) is 1.81. The molecule has 3 nitrogen and oxygen atoms in total. The second-order valence-electron chi connectivity index (χ2n) is 2.75. The van der Waals surface area contributed by atoms with Crippen LogP contribution in [-0.4, -0.2) is 24.7 Å². The Morgan fingerprint density at radius 2 is 2.50 bits per heavy atom. The van der Waals surface area contributed by atoms with Crippen molar-refractivity contribution in [3.05, 3.63) is 0 Å². The topological polar surface area (TPSA) is 38.3 Å². The summed E-state index contributed by atoms with van der Waals surface area (Å²) >= 11 is 0. The van der Waals surface area contributed by atoms with Gasteiger partial charge in [-0.1, -0.05) is 0 Å². The maximum Gasteiger partial charge on any atom is 0.323 e. The van der Waals surface area contributed by atoms with Gasteiger partial charge in [0.2, 0.25) is 0 Å². The molecule has 4 heteroatoms. The number of nitrogens with one attached hydrogen (secondary N) is 1. The third kappa shape index (κ3) is 2.99. The molecule has 0 aromatic heterocycles. The maximum absolute atomic E-state index is 11.2. The normalized spacial score (nSPS) is 28.9. The van der Waals surface area contributed by atoms with E-state index in [9.17, 15) is 4.79 Å². The number of esters is 1. The summed E-state index contributed by atoms with van der Waals surface area (Å²) in [5.74, 6) is -0.173. The molecule has 1 aliphatic heterocycles. The van der Waals surface area contributed by atoms with Gasteiger partial charge in [-0.3, -0.25) is 4.79 Å². The second kappa shape index (κ2) is 5.38. The number of ether oxygens (including phenoxy) is 1. The van der Waals surface area contributed by atoms with E-state index < -0.39 is 0 Å². The Labute approximate surface area is 80.7 Å². The summed E-state index contributed by atoms with van der Waals surface area (Å²) < 4.78 is 12.0. The van der Waals surface area contributed by atoms with Crippen molar-refractivity contribution in [2.24, 2.45) is 0 Å². The summed E-state index contributed by atoms with van der Waals surface area (Å²) in [5, 5.41) is 3.06. The van der Waals surface area contributed by atoms with Crippen LogP contribution >= 0.6 is 12.4 Å². The van der Waals surface area contributed by atoms with E-state index in [1.165, 1.54) is 0 Å². The summed E-state index contributed by atoms with van der Waals surface area (Å²) in [7, 11) is 0. The molecule has 0 unspecified atom stereocenters. The zero-order valence-corrected chi connectivity index (χ0v) is 8.02. The molecule has 1 rings (SSSR count).